The van der Waals surface area contributed by atoms with Crippen LogP contribution in [0.15, 0.2) is 45.0 Å². The van der Waals surface area contributed by atoms with Gasteiger partial charge in [0, 0.05) is 4.90 Å². The van der Waals surface area contributed by atoms with E-state index in [9.17, 15) is 4.79 Å². The second-order valence-electron chi connectivity index (χ2n) is 4.40. The summed E-state index contributed by atoms with van der Waals surface area (Å²) in [5.74, 6) is 0. The predicted octanol–water partition coefficient (Wildman–Crippen LogP) is 2.19. The van der Waals surface area contributed by atoms with Crippen LogP contribution in [0.25, 0.3) is 5.65 Å². The molecule has 0 atom stereocenters. The van der Waals surface area contributed by atoms with Crippen molar-refractivity contribution in [3.63, 3.8) is 0 Å². The minimum atomic E-state index is -0.321. The van der Waals surface area contributed by atoms with Crippen LogP contribution in [0.2, 0.25) is 0 Å². The Kier molecular flexibility index (Phi) is 2.87. The fourth-order valence-corrected chi connectivity index (χ4v) is 2.94. The third-order valence-electron chi connectivity index (χ3n) is 2.67. The minimum absolute atomic E-state index is 0.321. The van der Waals surface area contributed by atoms with Crippen molar-refractivity contribution in [1.29, 1.82) is 0 Å². The highest BCUT2D eigenvalue weighted by Crippen LogP contribution is 2.27. The van der Waals surface area contributed by atoms with E-state index in [0.29, 0.717) is 5.65 Å². The van der Waals surface area contributed by atoms with E-state index in [4.69, 9.17) is 0 Å². The van der Waals surface area contributed by atoms with Crippen molar-refractivity contribution >= 4 is 17.4 Å². The van der Waals surface area contributed by atoms with E-state index in [1.807, 2.05) is 6.07 Å². The van der Waals surface area contributed by atoms with Gasteiger partial charge in [0.15, 0.2) is 5.65 Å². The number of rotatable bonds is 2. The van der Waals surface area contributed by atoms with Crippen molar-refractivity contribution in [2.75, 3.05) is 0 Å². The maximum absolute atomic E-state index is 11.5. The smallest absolute Gasteiger partial charge is 0.244 e. The van der Waals surface area contributed by atoms with Crippen molar-refractivity contribution in [3.05, 3.63) is 51.9 Å². The van der Waals surface area contributed by atoms with E-state index >= 15 is 0 Å². The molecular formula is C13H12N4OS. The molecule has 0 saturated heterocycles. The fourth-order valence-electron chi connectivity index (χ4n) is 1.95. The number of aromatic amines is 1. The molecule has 0 aliphatic heterocycles. The average Bonchev–Trinajstić information content (AvgIpc) is 2.70. The number of nitrogens with zero attached hydrogens (tertiary/aromatic N) is 3. The first kappa shape index (κ1) is 12.0. The minimum Gasteiger partial charge on any atom is -0.244 e. The van der Waals surface area contributed by atoms with Crippen LogP contribution in [0, 0.1) is 13.8 Å². The Morgan fingerprint density at radius 1 is 1.16 bits per heavy atom. The topological polar surface area (TPSA) is 63.0 Å². The van der Waals surface area contributed by atoms with Gasteiger partial charge >= 0.3 is 5.69 Å². The van der Waals surface area contributed by atoms with Gasteiger partial charge in [-0.1, -0.05) is 17.8 Å². The Morgan fingerprint density at radius 2 is 1.89 bits per heavy atom. The lowest BCUT2D eigenvalue weighted by molar-refractivity contribution is 0.820. The summed E-state index contributed by atoms with van der Waals surface area (Å²) in [4.78, 5) is 12.6. The quantitative estimate of drug-likeness (QED) is 0.776. The number of nitrogens with one attached hydrogen (secondary N) is 1. The molecule has 0 bridgehead atoms. The van der Waals surface area contributed by atoms with Crippen molar-refractivity contribution in [2.24, 2.45) is 0 Å². The molecule has 2 heterocycles. The zero-order chi connectivity index (χ0) is 13.4. The van der Waals surface area contributed by atoms with E-state index < -0.39 is 0 Å². The summed E-state index contributed by atoms with van der Waals surface area (Å²) in [6.45, 7) is 4.13. The Balaban J connectivity index is 2.00. The Bertz CT molecular complexity index is 786. The molecule has 19 heavy (non-hydrogen) atoms. The fraction of sp³-hybridized carbons (Fsp3) is 0.154. The maximum atomic E-state index is 11.5. The highest BCUT2D eigenvalue weighted by Gasteiger charge is 2.05. The largest absolute Gasteiger partial charge is 0.364 e. The van der Waals surface area contributed by atoms with Crippen LogP contribution in [0.1, 0.15) is 11.1 Å². The van der Waals surface area contributed by atoms with Gasteiger partial charge in [-0.05, 0) is 49.2 Å². The summed E-state index contributed by atoms with van der Waals surface area (Å²) in [5, 5.41) is 11.2. The summed E-state index contributed by atoms with van der Waals surface area (Å²) in [6.07, 6.45) is 0. The normalized spacial score (nSPS) is 11.1. The van der Waals surface area contributed by atoms with Gasteiger partial charge in [0.2, 0.25) is 0 Å². The van der Waals surface area contributed by atoms with Gasteiger partial charge < -0.3 is 0 Å². The molecule has 2 aromatic heterocycles. The Labute approximate surface area is 113 Å². The van der Waals surface area contributed by atoms with Crippen molar-refractivity contribution in [2.45, 2.75) is 23.8 Å². The van der Waals surface area contributed by atoms with Crippen LogP contribution in [0.4, 0.5) is 0 Å². The molecule has 0 amide bonds. The summed E-state index contributed by atoms with van der Waals surface area (Å²) in [6, 6.07) is 9.96. The van der Waals surface area contributed by atoms with Crippen molar-refractivity contribution < 1.29 is 0 Å². The van der Waals surface area contributed by atoms with Gasteiger partial charge in [0.05, 0.1) is 0 Å². The standard InChI is InChI=1S/C13H12N4OS/c1-8-5-9(2)7-10(6-8)19-12-4-3-11-14-15-13(18)17(11)16-12/h3-7H,1-2H3,(H,15,18). The van der Waals surface area contributed by atoms with E-state index in [-0.39, 0.29) is 5.69 Å². The van der Waals surface area contributed by atoms with E-state index in [1.54, 1.807) is 6.07 Å². The third-order valence-corrected chi connectivity index (χ3v) is 3.56. The van der Waals surface area contributed by atoms with Crippen LogP contribution in [-0.4, -0.2) is 19.8 Å². The molecule has 1 N–H and O–H groups in total. The average molecular weight is 272 g/mol. The zero-order valence-electron chi connectivity index (χ0n) is 10.5. The molecule has 3 rings (SSSR count). The van der Waals surface area contributed by atoms with Gasteiger partial charge in [0.25, 0.3) is 0 Å². The third kappa shape index (κ3) is 2.39. The molecular weight excluding hydrogens is 260 g/mol. The lowest BCUT2D eigenvalue weighted by Crippen LogP contribution is -2.12. The molecule has 0 spiro atoms. The van der Waals surface area contributed by atoms with Gasteiger partial charge in [0.1, 0.15) is 5.03 Å². The molecule has 96 valence electrons. The number of H-pyrrole nitrogens is 1. The number of fused-ring (bicyclic) bond motifs is 1. The molecule has 1 aromatic carbocycles. The molecule has 5 nitrogen and oxygen atoms in total. The van der Waals surface area contributed by atoms with Crippen LogP contribution in [-0.2, 0) is 0 Å². The SMILES string of the molecule is Cc1cc(C)cc(Sc2ccc3n[nH]c(=O)n3n2)c1. The van der Waals surface area contributed by atoms with Gasteiger partial charge in [-0.2, -0.15) is 14.7 Å². The van der Waals surface area contributed by atoms with Crippen molar-refractivity contribution in [3.8, 4) is 0 Å². The highest BCUT2D eigenvalue weighted by molar-refractivity contribution is 7.99. The Hall–Kier alpha value is -2.08. The molecule has 0 aliphatic carbocycles. The number of aromatic nitrogens is 4. The Morgan fingerprint density at radius 3 is 2.63 bits per heavy atom. The maximum Gasteiger partial charge on any atom is 0.364 e. The van der Waals surface area contributed by atoms with Gasteiger partial charge in [-0.15, -0.1) is 0 Å². The van der Waals surface area contributed by atoms with Gasteiger partial charge in [-0.25, -0.2) is 9.89 Å². The summed E-state index contributed by atoms with van der Waals surface area (Å²) in [5.41, 5.74) is 2.63. The summed E-state index contributed by atoms with van der Waals surface area (Å²) in [7, 11) is 0. The molecule has 0 fully saturated rings. The molecule has 0 radical (unpaired) electrons. The van der Waals surface area contributed by atoms with E-state index in [1.165, 1.54) is 27.4 Å². The molecule has 3 aromatic rings. The molecule has 6 heteroatoms. The first-order chi connectivity index (χ1) is 9.11. The van der Waals surface area contributed by atoms with Crippen LogP contribution < -0.4 is 5.69 Å². The lowest BCUT2D eigenvalue weighted by Gasteiger charge is -2.04. The monoisotopic (exact) mass is 272 g/mol. The van der Waals surface area contributed by atoms with E-state index in [0.717, 1.165) is 9.92 Å². The summed E-state index contributed by atoms with van der Waals surface area (Å²) >= 11 is 1.53. The second kappa shape index (κ2) is 4.55. The molecule has 0 saturated carbocycles. The van der Waals surface area contributed by atoms with Gasteiger partial charge in [-0.3, -0.25) is 0 Å². The zero-order valence-corrected chi connectivity index (χ0v) is 11.4. The number of hydrogen-bond donors (Lipinski definition) is 1. The van der Waals surface area contributed by atoms with Crippen LogP contribution >= 0.6 is 11.8 Å². The summed E-state index contributed by atoms with van der Waals surface area (Å²) < 4.78 is 1.27. The molecule has 0 aliphatic rings. The predicted molar refractivity (Wildman–Crippen MR) is 73.6 cm³/mol. The van der Waals surface area contributed by atoms with Crippen LogP contribution in [0.3, 0.4) is 0 Å². The molecule has 0 unspecified atom stereocenters. The van der Waals surface area contributed by atoms with Crippen LogP contribution in [0.5, 0.6) is 0 Å². The lowest BCUT2D eigenvalue weighted by atomic mass is 10.2. The van der Waals surface area contributed by atoms with Crippen molar-refractivity contribution in [1.82, 2.24) is 19.8 Å². The van der Waals surface area contributed by atoms with E-state index in [2.05, 4.69) is 47.3 Å². The first-order valence-corrected chi connectivity index (χ1v) is 6.64. The number of hydrogen-bond acceptors (Lipinski definition) is 4. The first-order valence-electron chi connectivity index (χ1n) is 5.82. The highest BCUT2D eigenvalue weighted by atomic mass is 32.2. The number of benzene rings is 1. The number of aryl methyl sites for hydroxylation is 2. The second-order valence-corrected chi connectivity index (χ2v) is 5.49.